The number of anilines is 2. The van der Waals surface area contributed by atoms with Gasteiger partial charge in [0.05, 0.1) is 24.1 Å². The summed E-state index contributed by atoms with van der Waals surface area (Å²) in [5.74, 6) is 0.592. The van der Waals surface area contributed by atoms with Crippen LogP contribution in [0.3, 0.4) is 0 Å². The number of nitrogens with two attached hydrogens (primary N) is 1. The minimum atomic E-state index is -3.78. The molecule has 3 heterocycles. The van der Waals surface area contributed by atoms with E-state index in [2.05, 4.69) is 14.7 Å². The number of aromatic nitrogens is 3. The SMILES string of the molecule is CC(C)Cn1cnc(S(=O)(=O)Nc2ccc(N3CCC[C@H](C(N)=O)C3)nc2)c1. The van der Waals surface area contributed by atoms with Gasteiger partial charge in [-0.05, 0) is 30.9 Å². The molecule has 3 rings (SSSR count). The predicted molar refractivity (Wildman–Crippen MR) is 106 cm³/mol. The summed E-state index contributed by atoms with van der Waals surface area (Å²) in [4.78, 5) is 21.8. The zero-order chi connectivity index (χ0) is 20.3. The van der Waals surface area contributed by atoms with E-state index in [4.69, 9.17) is 5.73 Å². The fourth-order valence-corrected chi connectivity index (χ4v) is 4.25. The van der Waals surface area contributed by atoms with Crippen molar-refractivity contribution in [3.8, 4) is 0 Å². The molecule has 9 nitrogen and oxygen atoms in total. The lowest BCUT2D eigenvalue weighted by Crippen LogP contribution is -2.41. The number of hydrogen-bond donors (Lipinski definition) is 2. The van der Waals surface area contributed by atoms with Crippen LogP contribution in [-0.2, 0) is 21.4 Å². The molecule has 1 aliphatic heterocycles. The number of sulfonamides is 1. The largest absolute Gasteiger partial charge is 0.369 e. The Morgan fingerprint density at radius 2 is 2.14 bits per heavy atom. The summed E-state index contributed by atoms with van der Waals surface area (Å²) in [7, 11) is -3.78. The third-order valence-corrected chi connectivity index (χ3v) is 5.87. The molecule has 0 spiro atoms. The van der Waals surface area contributed by atoms with E-state index in [1.54, 1.807) is 16.7 Å². The average molecular weight is 407 g/mol. The highest BCUT2D eigenvalue weighted by atomic mass is 32.2. The van der Waals surface area contributed by atoms with Crippen molar-refractivity contribution in [1.29, 1.82) is 0 Å². The summed E-state index contributed by atoms with van der Waals surface area (Å²) < 4.78 is 29.3. The highest BCUT2D eigenvalue weighted by Gasteiger charge is 2.25. The van der Waals surface area contributed by atoms with Crippen molar-refractivity contribution in [2.24, 2.45) is 17.6 Å². The van der Waals surface area contributed by atoms with E-state index < -0.39 is 10.0 Å². The molecular formula is C18H26N6O3S. The molecule has 0 aromatic carbocycles. The first kappa shape index (κ1) is 20.1. The first-order valence-corrected chi connectivity index (χ1v) is 10.8. The van der Waals surface area contributed by atoms with Gasteiger partial charge >= 0.3 is 0 Å². The molecule has 0 radical (unpaired) electrons. The van der Waals surface area contributed by atoms with Crippen LogP contribution in [0.25, 0.3) is 0 Å². The molecule has 0 aliphatic carbocycles. The fourth-order valence-electron chi connectivity index (χ4n) is 3.26. The van der Waals surface area contributed by atoms with Gasteiger partial charge in [0.1, 0.15) is 5.82 Å². The average Bonchev–Trinajstić information content (AvgIpc) is 3.11. The third kappa shape index (κ3) is 4.80. The monoisotopic (exact) mass is 406 g/mol. The van der Waals surface area contributed by atoms with Gasteiger partial charge < -0.3 is 15.2 Å². The van der Waals surface area contributed by atoms with Gasteiger partial charge in [-0.15, -0.1) is 0 Å². The van der Waals surface area contributed by atoms with Crippen molar-refractivity contribution in [2.75, 3.05) is 22.7 Å². The lowest BCUT2D eigenvalue weighted by Gasteiger charge is -2.32. The highest BCUT2D eigenvalue weighted by molar-refractivity contribution is 7.92. The van der Waals surface area contributed by atoms with Gasteiger partial charge in [-0.3, -0.25) is 9.52 Å². The molecule has 28 heavy (non-hydrogen) atoms. The Morgan fingerprint density at radius 1 is 1.36 bits per heavy atom. The number of amides is 1. The summed E-state index contributed by atoms with van der Waals surface area (Å²) in [5, 5.41) is -0.0300. The maximum Gasteiger partial charge on any atom is 0.280 e. The number of piperidine rings is 1. The van der Waals surface area contributed by atoms with Crippen LogP contribution in [-0.4, -0.2) is 41.9 Å². The molecule has 0 bridgehead atoms. The molecule has 2 aromatic rings. The number of carbonyl (C=O) groups excluding carboxylic acids is 1. The molecule has 1 fully saturated rings. The summed E-state index contributed by atoms with van der Waals surface area (Å²) in [6.45, 7) is 6.11. The molecule has 2 aromatic heterocycles. The van der Waals surface area contributed by atoms with Crippen LogP contribution in [0.2, 0.25) is 0 Å². The van der Waals surface area contributed by atoms with E-state index in [1.807, 2.05) is 18.7 Å². The van der Waals surface area contributed by atoms with Crippen molar-refractivity contribution in [3.63, 3.8) is 0 Å². The topological polar surface area (TPSA) is 123 Å². The molecule has 10 heteroatoms. The van der Waals surface area contributed by atoms with E-state index in [-0.39, 0.29) is 16.9 Å². The lowest BCUT2D eigenvalue weighted by atomic mass is 9.97. The van der Waals surface area contributed by atoms with Gasteiger partial charge in [0.15, 0.2) is 5.03 Å². The molecule has 152 valence electrons. The van der Waals surface area contributed by atoms with Gasteiger partial charge in [0.25, 0.3) is 10.0 Å². The van der Waals surface area contributed by atoms with Crippen molar-refractivity contribution >= 4 is 27.4 Å². The molecule has 1 atom stereocenters. The molecule has 0 unspecified atom stereocenters. The minimum Gasteiger partial charge on any atom is -0.369 e. The van der Waals surface area contributed by atoms with E-state index >= 15 is 0 Å². The van der Waals surface area contributed by atoms with E-state index in [1.165, 1.54) is 18.7 Å². The van der Waals surface area contributed by atoms with Gasteiger partial charge in [-0.2, -0.15) is 8.42 Å². The number of pyridine rings is 1. The zero-order valence-electron chi connectivity index (χ0n) is 16.1. The number of hydrogen-bond acceptors (Lipinski definition) is 6. The van der Waals surface area contributed by atoms with Gasteiger partial charge in [-0.1, -0.05) is 13.8 Å². The Hall–Kier alpha value is -2.62. The summed E-state index contributed by atoms with van der Waals surface area (Å²) in [5.41, 5.74) is 5.77. The first-order chi connectivity index (χ1) is 13.2. The standard InChI is InChI=1S/C18H26N6O3S/c1-13(2)9-23-11-17(21-12-23)28(26,27)22-15-5-6-16(20-8-15)24-7-3-4-14(10-24)18(19)25/h5-6,8,11-14,22H,3-4,7,9-10H2,1-2H3,(H2,19,25)/t14-/m0/s1. The van der Waals surface area contributed by atoms with Crippen LogP contribution in [0.1, 0.15) is 26.7 Å². The Balaban J connectivity index is 1.68. The Kier molecular flexibility index (Phi) is 5.87. The van der Waals surface area contributed by atoms with E-state index in [9.17, 15) is 13.2 Å². The quantitative estimate of drug-likeness (QED) is 0.717. The number of carbonyl (C=O) groups is 1. The number of nitrogens with zero attached hydrogens (tertiary/aromatic N) is 4. The molecule has 0 saturated carbocycles. The van der Waals surface area contributed by atoms with Gasteiger partial charge in [0, 0.05) is 25.8 Å². The second-order valence-electron chi connectivity index (χ2n) is 7.50. The van der Waals surface area contributed by atoms with Crippen LogP contribution in [0.5, 0.6) is 0 Å². The predicted octanol–water partition coefficient (Wildman–Crippen LogP) is 1.44. The first-order valence-electron chi connectivity index (χ1n) is 9.29. The normalized spacial score (nSPS) is 17.7. The van der Waals surface area contributed by atoms with Crippen LogP contribution in [0, 0.1) is 11.8 Å². The maximum absolute atomic E-state index is 12.5. The van der Waals surface area contributed by atoms with Crippen LogP contribution >= 0.6 is 0 Å². The van der Waals surface area contributed by atoms with E-state index in [0.29, 0.717) is 30.5 Å². The Labute approximate surface area is 165 Å². The second kappa shape index (κ2) is 8.17. The Bertz CT molecular complexity index is 923. The zero-order valence-corrected chi connectivity index (χ0v) is 16.9. The number of imidazole rings is 1. The highest BCUT2D eigenvalue weighted by Crippen LogP contribution is 2.23. The molecule has 1 aliphatic rings. The maximum atomic E-state index is 12.5. The second-order valence-corrected chi connectivity index (χ2v) is 9.13. The van der Waals surface area contributed by atoms with E-state index in [0.717, 1.165) is 19.4 Å². The third-order valence-electron chi connectivity index (χ3n) is 4.61. The molecular weight excluding hydrogens is 380 g/mol. The lowest BCUT2D eigenvalue weighted by molar-refractivity contribution is -0.122. The summed E-state index contributed by atoms with van der Waals surface area (Å²) in [6, 6.07) is 3.39. The van der Waals surface area contributed by atoms with Crippen molar-refractivity contribution < 1.29 is 13.2 Å². The van der Waals surface area contributed by atoms with Crippen molar-refractivity contribution in [1.82, 2.24) is 14.5 Å². The molecule has 1 saturated heterocycles. The smallest absolute Gasteiger partial charge is 0.280 e. The molecule has 3 N–H and O–H groups in total. The number of rotatable bonds is 7. The number of nitrogens with one attached hydrogen (secondary N) is 1. The number of primary amides is 1. The van der Waals surface area contributed by atoms with Gasteiger partial charge in [-0.25, -0.2) is 9.97 Å². The van der Waals surface area contributed by atoms with Crippen molar-refractivity contribution in [3.05, 3.63) is 30.9 Å². The van der Waals surface area contributed by atoms with Crippen LogP contribution in [0.4, 0.5) is 11.5 Å². The van der Waals surface area contributed by atoms with Crippen LogP contribution < -0.4 is 15.4 Å². The summed E-state index contributed by atoms with van der Waals surface area (Å²) in [6.07, 6.45) is 6.14. The fraction of sp³-hybridized carbons (Fsp3) is 0.500. The Morgan fingerprint density at radius 3 is 2.79 bits per heavy atom. The molecule has 1 amide bonds. The van der Waals surface area contributed by atoms with Gasteiger partial charge in [0.2, 0.25) is 5.91 Å². The summed E-state index contributed by atoms with van der Waals surface area (Å²) >= 11 is 0. The minimum absolute atomic E-state index is 0.0300. The van der Waals surface area contributed by atoms with Crippen molar-refractivity contribution in [2.45, 2.75) is 38.3 Å². The van der Waals surface area contributed by atoms with Crippen LogP contribution in [0.15, 0.2) is 35.9 Å².